The first-order chi connectivity index (χ1) is 17.5. The molecule has 2 heterocycles. The van der Waals surface area contributed by atoms with Crippen LogP contribution in [0.4, 0.5) is 0 Å². The molecule has 0 saturated carbocycles. The molecule has 0 aliphatic heterocycles. The number of aryl methyl sites for hydroxylation is 1. The highest BCUT2D eigenvalue weighted by atomic mass is 28.3. The van der Waals surface area contributed by atoms with E-state index < -0.39 is 8.07 Å². The molecule has 0 unspecified atom stereocenters. The molecule has 5 rings (SSSR count). The van der Waals surface area contributed by atoms with Crippen molar-refractivity contribution in [3.8, 4) is 28.5 Å². The highest BCUT2D eigenvalue weighted by molar-refractivity contribution is 6.89. The number of nitriles is 1. The lowest BCUT2D eigenvalue weighted by atomic mass is 9.94. The SMILES string of the molecule is Cc1ccc2c(oc3c(-c4ccccc4)ccc(C#N)c32)c1-c1cc(C(C)C)c([Si](C)(C)C)c(C)[n+]1C. The second-order valence-electron chi connectivity index (χ2n) is 11.5. The first-order valence-corrected chi connectivity index (χ1v) is 16.5. The standard InChI is InChI=1S/C33H35N2OSi/c1-20(2)27-18-28(35(5)22(4)33(27)37(6,7)8)29-21(3)14-16-26-30-24(19-34)15-17-25(31(30)36-32(26)29)23-12-10-9-11-13-23/h9-18,20H,1-8H3/q+1. The van der Waals surface area contributed by atoms with E-state index in [1.165, 1.54) is 11.3 Å². The van der Waals surface area contributed by atoms with Crippen LogP contribution in [-0.4, -0.2) is 8.07 Å². The van der Waals surface area contributed by atoms with Gasteiger partial charge in [-0.1, -0.05) is 76.0 Å². The molecular formula is C33H35N2OSi+. The summed E-state index contributed by atoms with van der Waals surface area (Å²) < 4.78 is 9.13. The second-order valence-corrected chi connectivity index (χ2v) is 16.5. The van der Waals surface area contributed by atoms with Gasteiger partial charge in [0.1, 0.15) is 18.2 Å². The van der Waals surface area contributed by atoms with Gasteiger partial charge in [0.25, 0.3) is 0 Å². The third kappa shape index (κ3) is 3.99. The summed E-state index contributed by atoms with van der Waals surface area (Å²) in [6, 6.07) is 23.3. The minimum Gasteiger partial charge on any atom is -0.454 e. The molecule has 0 fully saturated rings. The van der Waals surface area contributed by atoms with Gasteiger partial charge in [0.15, 0.2) is 5.69 Å². The summed E-state index contributed by atoms with van der Waals surface area (Å²) in [6.07, 6.45) is 0. The van der Waals surface area contributed by atoms with Gasteiger partial charge in [-0.25, -0.2) is 0 Å². The maximum Gasteiger partial charge on any atom is 0.216 e. The van der Waals surface area contributed by atoms with Crippen molar-refractivity contribution in [1.82, 2.24) is 0 Å². The Balaban J connectivity index is 1.92. The molecule has 0 N–H and O–H groups in total. The number of aromatic nitrogens is 1. The van der Waals surface area contributed by atoms with Gasteiger partial charge in [0.2, 0.25) is 5.69 Å². The average molecular weight is 504 g/mol. The summed E-state index contributed by atoms with van der Waals surface area (Å²) >= 11 is 0. The minimum absolute atomic E-state index is 0.422. The van der Waals surface area contributed by atoms with E-state index in [4.69, 9.17) is 4.42 Å². The van der Waals surface area contributed by atoms with Gasteiger partial charge in [0, 0.05) is 34.5 Å². The zero-order chi connectivity index (χ0) is 26.6. The number of pyridine rings is 1. The molecule has 0 aliphatic carbocycles. The Labute approximate surface area is 221 Å². The predicted molar refractivity (Wildman–Crippen MR) is 157 cm³/mol. The lowest BCUT2D eigenvalue weighted by Crippen LogP contribution is -2.51. The topological polar surface area (TPSA) is 40.8 Å². The molecule has 5 aromatic rings. The predicted octanol–water partition coefficient (Wildman–Crippen LogP) is 7.90. The summed E-state index contributed by atoms with van der Waals surface area (Å²) in [7, 11) is 0.604. The third-order valence-corrected chi connectivity index (χ3v) is 9.79. The van der Waals surface area contributed by atoms with E-state index in [0.717, 1.165) is 49.9 Å². The van der Waals surface area contributed by atoms with Crippen molar-refractivity contribution in [1.29, 1.82) is 5.26 Å². The van der Waals surface area contributed by atoms with E-state index in [0.29, 0.717) is 11.5 Å². The minimum atomic E-state index is -1.57. The maximum atomic E-state index is 10.0. The van der Waals surface area contributed by atoms with E-state index in [2.05, 4.69) is 95.4 Å². The molecule has 0 bridgehead atoms. The number of hydrogen-bond acceptors (Lipinski definition) is 2. The van der Waals surface area contributed by atoms with Gasteiger partial charge in [-0.15, -0.1) is 0 Å². The Bertz CT molecular complexity index is 1710. The highest BCUT2D eigenvalue weighted by Gasteiger charge is 2.32. The maximum absolute atomic E-state index is 10.0. The van der Waals surface area contributed by atoms with Crippen LogP contribution in [0.5, 0.6) is 0 Å². The Hall–Kier alpha value is -3.68. The van der Waals surface area contributed by atoms with Crippen LogP contribution in [0.3, 0.4) is 0 Å². The van der Waals surface area contributed by atoms with Crippen LogP contribution < -0.4 is 9.75 Å². The van der Waals surface area contributed by atoms with Gasteiger partial charge in [-0.2, -0.15) is 9.83 Å². The monoisotopic (exact) mass is 503 g/mol. The fourth-order valence-electron chi connectivity index (χ4n) is 5.84. The van der Waals surface area contributed by atoms with Crippen molar-refractivity contribution in [2.45, 2.75) is 53.3 Å². The average Bonchev–Trinajstić information content (AvgIpc) is 3.24. The largest absolute Gasteiger partial charge is 0.454 e. The summed E-state index contributed by atoms with van der Waals surface area (Å²) in [4.78, 5) is 0. The van der Waals surface area contributed by atoms with Crippen molar-refractivity contribution >= 4 is 35.2 Å². The molecular weight excluding hydrogens is 468 g/mol. The number of hydrogen-bond donors (Lipinski definition) is 0. The normalized spacial score (nSPS) is 12.0. The van der Waals surface area contributed by atoms with Crippen molar-refractivity contribution < 1.29 is 8.98 Å². The van der Waals surface area contributed by atoms with Gasteiger partial charge < -0.3 is 4.42 Å². The van der Waals surface area contributed by atoms with E-state index in [1.807, 2.05) is 30.3 Å². The number of nitrogens with zero attached hydrogens (tertiary/aromatic N) is 2. The fraction of sp³-hybridized carbons (Fsp3) is 0.273. The molecule has 2 aromatic heterocycles. The quantitative estimate of drug-likeness (QED) is 0.185. The van der Waals surface area contributed by atoms with Crippen LogP contribution in [0, 0.1) is 25.2 Å². The molecule has 4 heteroatoms. The lowest BCUT2D eigenvalue weighted by molar-refractivity contribution is -0.665. The highest BCUT2D eigenvalue weighted by Crippen LogP contribution is 2.42. The summed E-state index contributed by atoms with van der Waals surface area (Å²) in [5.41, 5.74) is 10.5. The van der Waals surface area contributed by atoms with Crippen LogP contribution in [-0.2, 0) is 7.05 Å². The molecule has 37 heavy (non-hydrogen) atoms. The second kappa shape index (κ2) is 9.01. The Kier molecular flexibility index (Phi) is 6.08. The van der Waals surface area contributed by atoms with E-state index in [1.54, 1.807) is 5.19 Å². The van der Waals surface area contributed by atoms with E-state index in [9.17, 15) is 5.26 Å². The van der Waals surface area contributed by atoms with Crippen molar-refractivity contribution in [2.24, 2.45) is 7.05 Å². The van der Waals surface area contributed by atoms with Crippen LogP contribution >= 0.6 is 0 Å². The molecule has 3 nitrogen and oxygen atoms in total. The summed E-state index contributed by atoms with van der Waals surface area (Å²) in [5, 5.41) is 13.4. The summed E-state index contributed by atoms with van der Waals surface area (Å²) in [6.45, 7) is 16.3. The molecule has 0 radical (unpaired) electrons. The first-order valence-electron chi connectivity index (χ1n) is 13.0. The van der Waals surface area contributed by atoms with Gasteiger partial charge >= 0.3 is 0 Å². The molecule has 3 aromatic carbocycles. The number of rotatable bonds is 4. The first kappa shape index (κ1) is 25.0. The van der Waals surface area contributed by atoms with Crippen LogP contribution in [0.15, 0.2) is 65.1 Å². The van der Waals surface area contributed by atoms with Gasteiger partial charge in [-0.05, 0) is 41.7 Å². The van der Waals surface area contributed by atoms with Crippen molar-refractivity contribution in [3.05, 3.63) is 83.0 Å². The zero-order valence-corrected chi connectivity index (χ0v) is 24.2. The summed E-state index contributed by atoms with van der Waals surface area (Å²) in [5.74, 6) is 0.422. The Morgan fingerprint density at radius 1 is 0.919 bits per heavy atom. The third-order valence-electron chi connectivity index (χ3n) is 7.64. The van der Waals surface area contributed by atoms with Crippen LogP contribution in [0.25, 0.3) is 44.3 Å². The molecule has 0 atom stereocenters. The smallest absolute Gasteiger partial charge is 0.216 e. The van der Waals surface area contributed by atoms with Crippen LogP contribution in [0.2, 0.25) is 19.6 Å². The van der Waals surface area contributed by atoms with Crippen molar-refractivity contribution in [2.75, 3.05) is 0 Å². The van der Waals surface area contributed by atoms with Gasteiger partial charge in [0.05, 0.1) is 25.3 Å². The van der Waals surface area contributed by atoms with Crippen molar-refractivity contribution in [3.63, 3.8) is 0 Å². The lowest BCUT2D eigenvalue weighted by Gasteiger charge is -2.24. The molecule has 0 aliphatic rings. The van der Waals surface area contributed by atoms with Gasteiger partial charge in [-0.3, -0.25) is 0 Å². The number of benzene rings is 3. The van der Waals surface area contributed by atoms with Crippen LogP contribution in [0.1, 0.15) is 42.1 Å². The number of fused-ring (bicyclic) bond motifs is 3. The van der Waals surface area contributed by atoms with E-state index >= 15 is 0 Å². The fourth-order valence-corrected chi connectivity index (χ4v) is 8.32. The molecule has 0 amide bonds. The Morgan fingerprint density at radius 2 is 1.62 bits per heavy atom. The molecule has 0 saturated heterocycles. The Morgan fingerprint density at radius 3 is 2.24 bits per heavy atom. The zero-order valence-electron chi connectivity index (χ0n) is 23.2. The van der Waals surface area contributed by atoms with E-state index in [-0.39, 0.29) is 0 Å². The molecule has 186 valence electrons. The number of furan rings is 1. The molecule has 0 spiro atoms.